The third-order valence-corrected chi connectivity index (χ3v) is 5.98. The Labute approximate surface area is 236 Å². The molecule has 0 aliphatic carbocycles. The highest BCUT2D eigenvalue weighted by Crippen LogP contribution is 2.12. The van der Waals surface area contributed by atoms with E-state index in [9.17, 15) is 19.2 Å². The Kier molecular flexibility index (Phi) is 15.3. The van der Waals surface area contributed by atoms with Gasteiger partial charge < -0.3 is 30.7 Å². The van der Waals surface area contributed by atoms with Crippen LogP contribution in [0.3, 0.4) is 0 Å². The number of urea groups is 2. The summed E-state index contributed by atoms with van der Waals surface area (Å²) in [5.74, 6) is -0.761. The van der Waals surface area contributed by atoms with Gasteiger partial charge in [0.1, 0.15) is 0 Å². The summed E-state index contributed by atoms with van der Waals surface area (Å²) in [6.07, 6.45) is 8.47. The van der Waals surface area contributed by atoms with Gasteiger partial charge in [0.2, 0.25) is 0 Å². The highest BCUT2D eigenvalue weighted by Gasteiger charge is 2.08. The average Bonchev–Trinajstić information content (AvgIpc) is 2.94. The topological polar surface area (TPSA) is 135 Å². The smallest absolute Gasteiger partial charge is 0.338 e. The van der Waals surface area contributed by atoms with Crippen molar-refractivity contribution in [2.45, 2.75) is 65.2 Å². The summed E-state index contributed by atoms with van der Waals surface area (Å²) in [4.78, 5) is 47.4. The zero-order valence-corrected chi connectivity index (χ0v) is 23.6. The summed E-state index contributed by atoms with van der Waals surface area (Å²) >= 11 is 0. The summed E-state index contributed by atoms with van der Waals surface area (Å²) in [6.45, 7) is 5.36. The maximum absolute atomic E-state index is 12.0. The Balaban J connectivity index is 1.41. The van der Waals surface area contributed by atoms with Gasteiger partial charge in [0.25, 0.3) is 0 Å². The zero-order chi connectivity index (χ0) is 29.0. The van der Waals surface area contributed by atoms with Gasteiger partial charge in [-0.05, 0) is 75.2 Å². The van der Waals surface area contributed by atoms with Gasteiger partial charge in [-0.25, -0.2) is 19.2 Å². The highest BCUT2D eigenvalue weighted by atomic mass is 16.5. The average molecular weight is 555 g/mol. The minimum atomic E-state index is -0.381. The van der Waals surface area contributed by atoms with Gasteiger partial charge >= 0.3 is 24.0 Å². The molecule has 0 bridgehead atoms. The lowest BCUT2D eigenvalue weighted by atomic mass is 10.1. The monoisotopic (exact) mass is 554 g/mol. The number of rotatable bonds is 17. The first-order valence-corrected chi connectivity index (χ1v) is 14.1. The van der Waals surface area contributed by atoms with Crippen LogP contribution >= 0.6 is 0 Å². The molecule has 10 nitrogen and oxygen atoms in total. The first-order valence-electron chi connectivity index (χ1n) is 14.1. The second-order valence-corrected chi connectivity index (χ2v) is 9.19. The van der Waals surface area contributed by atoms with E-state index >= 15 is 0 Å². The number of benzene rings is 2. The van der Waals surface area contributed by atoms with E-state index in [0.717, 1.165) is 51.4 Å². The number of nitrogens with one attached hydrogen (secondary N) is 4. The van der Waals surface area contributed by atoms with Crippen molar-refractivity contribution < 1.29 is 28.7 Å². The van der Waals surface area contributed by atoms with Crippen LogP contribution in [-0.2, 0) is 9.47 Å². The van der Waals surface area contributed by atoms with Gasteiger partial charge in [0.15, 0.2) is 0 Å². The van der Waals surface area contributed by atoms with E-state index in [1.807, 2.05) is 0 Å². The molecule has 0 aliphatic heterocycles. The molecule has 4 N–H and O–H groups in total. The summed E-state index contributed by atoms with van der Waals surface area (Å²) in [5.41, 5.74) is 2.13. The number of anilines is 2. The fourth-order valence-electron chi connectivity index (χ4n) is 3.87. The summed E-state index contributed by atoms with van der Waals surface area (Å²) in [6, 6.07) is 12.7. The van der Waals surface area contributed by atoms with E-state index in [1.54, 1.807) is 62.4 Å². The predicted octanol–water partition coefficient (Wildman–Crippen LogP) is 6.10. The lowest BCUT2D eigenvalue weighted by Crippen LogP contribution is -2.29. The quantitative estimate of drug-likeness (QED) is 0.138. The molecule has 218 valence electrons. The molecule has 0 fully saturated rings. The maximum Gasteiger partial charge on any atom is 0.338 e. The molecule has 40 heavy (non-hydrogen) atoms. The Morgan fingerprint density at radius 2 is 0.850 bits per heavy atom. The third kappa shape index (κ3) is 13.1. The molecule has 0 aliphatic rings. The minimum Gasteiger partial charge on any atom is -0.462 e. The van der Waals surface area contributed by atoms with E-state index < -0.39 is 0 Å². The standard InChI is InChI=1S/C30H42N4O6/c1-3-39-27(35)23-13-17-25(18-14-23)33-29(37)31-21-11-9-7-5-6-8-10-12-22-32-30(38)34-26-19-15-24(16-20-26)28(36)40-4-2/h13-20H,3-12,21-22H2,1-2H3,(H2,31,33,37)(H2,32,34,38). The van der Waals surface area contributed by atoms with E-state index in [1.165, 1.54) is 0 Å². The molecule has 10 heteroatoms. The number of unbranched alkanes of at least 4 members (excludes halogenated alkanes) is 7. The van der Waals surface area contributed by atoms with Gasteiger partial charge in [-0.1, -0.05) is 38.5 Å². The molecule has 2 aromatic carbocycles. The SMILES string of the molecule is CCOC(=O)c1ccc(NC(=O)NCCCCCCCCCCNC(=O)Nc2ccc(C(=O)OCC)cc2)cc1. The lowest BCUT2D eigenvalue weighted by Gasteiger charge is -2.09. The number of hydrogen-bond acceptors (Lipinski definition) is 6. The second-order valence-electron chi connectivity index (χ2n) is 9.19. The molecule has 4 amide bonds. The highest BCUT2D eigenvalue weighted by molar-refractivity contribution is 5.93. The molecule has 0 atom stereocenters. The molecule has 0 heterocycles. The Hall–Kier alpha value is -4.08. The van der Waals surface area contributed by atoms with Gasteiger partial charge in [-0.2, -0.15) is 0 Å². The fraction of sp³-hybridized carbons (Fsp3) is 0.467. The second kappa shape index (κ2) is 19.1. The molecule has 0 saturated carbocycles. The molecule has 0 radical (unpaired) electrons. The van der Waals surface area contributed by atoms with Crippen molar-refractivity contribution in [3.05, 3.63) is 59.7 Å². The van der Waals surface area contributed by atoms with Crippen molar-refractivity contribution in [3.63, 3.8) is 0 Å². The maximum atomic E-state index is 12.0. The number of carbonyl (C=O) groups is 4. The van der Waals surface area contributed by atoms with Crippen LogP contribution in [0.1, 0.15) is 85.9 Å². The minimum absolute atomic E-state index is 0.266. The van der Waals surface area contributed by atoms with E-state index in [-0.39, 0.29) is 24.0 Å². The van der Waals surface area contributed by atoms with Crippen molar-refractivity contribution in [2.24, 2.45) is 0 Å². The van der Waals surface area contributed by atoms with E-state index in [2.05, 4.69) is 21.3 Å². The summed E-state index contributed by atoms with van der Waals surface area (Å²) < 4.78 is 9.89. The van der Waals surface area contributed by atoms with Gasteiger partial charge in [-0.3, -0.25) is 0 Å². The number of hydrogen-bond donors (Lipinski definition) is 4. The summed E-state index contributed by atoms with van der Waals surface area (Å²) in [5, 5.41) is 11.2. The molecule has 0 spiro atoms. The molecule has 0 unspecified atom stereocenters. The zero-order valence-electron chi connectivity index (χ0n) is 23.6. The van der Waals surface area contributed by atoms with E-state index in [0.29, 0.717) is 48.8 Å². The molecule has 2 aromatic rings. The van der Waals surface area contributed by atoms with Crippen LogP contribution in [-0.4, -0.2) is 50.3 Å². The Morgan fingerprint density at radius 3 is 1.18 bits per heavy atom. The van der Waals surface area contributed by atoms with Crippen LogP contribution in [0.15, 0.2) is 48.5 Å². The molecule has 0 aromatic heterocycles. The molecular formula is C30H42N4O6. The normalized spacial score (nSPS) is 10.3. The fourth-order valence-corrected chi connectivity index (χ4v) is 3.87. The number of esters is 2. The van der Waals surface area contributed by atoms with E-state index in [4.69, 9.17) is 9.47 Å². The van der Waals surface area contributed by atoms with Crippen LogP contribution in [0, 0.1) is 0 Å². The van der Waals surface area contributed by atoms with Crippen molar-refractivity contribution in [3.8, 4) is 0 Å². The number of ether oxygens (including phenoxy) is 2. The van der Waals surface area contributed by atoms with Crippen LogP contribution < -0.4 is 21.3 Å². The molecule has 0 saturated heterocycles. The lowest BCUT2D eigenvalue weighted by molar-refractivity contribution is 0.0517. The first kappa shape index (κ1) is 32.1. The van der Waals surface area contributed by atoms with Crippen molar-refractivity contribution in [1.29, 1.82) is 0 Å². The van der Waals surface area contributed by atoms with Crippen molar-refractivity contribution in [1.82, 2.24) is 10.6 Å². The molecular weight excluding hydrogens is 512 g/mol. The van der Waals surface area contributed by atoms with Gasteiger partial charge in [0.05, 0.1) is 24.3 Å². The van der Waals surface area contributed by atoms with Gasteiger partial charge in [-0.15, -0.1) is 0 Å². The van der Waals surface area contributed by atoms with Crippen LogP contribution in [0.25, 0.3) is 0 Å². The third-order valence-electron chi connectivity index (χ3n) is 5.98. The Morgan fingerprint density at radius 1 is 0.525 bits per heavy atom. The number of amides is 4. The number of carbonyl (C=O) groups excluding carboxylic acids is 4. The largest absolute Gasteiger partial charge is 0.462 e. The van der Waals surface area contributed by atoms with Crippen LogP contribution in [0.4, 0.5) is 21.0 Å². The van der Waals surface area contributed by atoms with Crippen LogP contribution in [0.5, 0.6) is 0 Å². The van der Waals surface area contributed by atoms with Crippen molar-refractivity contribution in [2.75, 3.05) is 36.9 Å². The van der Waals surface area contributed by atoms with Gasteiger partial charge in [0, 0.05) is 24.5 Å². The van der Waals surface area contributed by atoms with Crippen molar-refractivity contribution >= 4 is 35.4 Å². The summed E-state index contributed by atoms with van der Waals surface area (Å²) in [7, 11) is 0. The first-order chi connectivity index (χ1) is 19.4. The Bertz CT molecular complexity index is 971. The van der Waals surface area contributed by atoms with Crippen LogP contribution in [0.2, 0.25) is 0 Å². The predicted molar refractivity (Wildman–Crippen MR) is 156 cm³/mol. The molecule has 2 rings (SSSR count).